The highest BCUT2D eigenvalue weighted by Crippen LogP contribution is 2.47. The van der Waals surface area contributed by atoms with Crippen molar-refractivity contribution in [3.8, 4) is 0 Å². The molecule has 0 amide bonds. The molecule has 3 atom stereocenters. The zero-order valence-electron chi connectivity index (χ0n) is 18.9. The first kappa shape index (κ1) is 21.0. The van der Waals surface area contributed by atoms with Gasteiger partial charge in [0.2, 0.25) is 0 Å². The minimum atomic E-state index is -0.863. The number of rotatable bonds is 4. The van der Waals surface area contributed by atoms with E-state index in [1.807, 2.05) is 0 Å². The van der Waals surface area contributed by atoms with Gasteiger partial charge < -0.3 is 14.4 Å². The Morgan fingerprint density at radius 2 is 1.57 bits per heavy atom. The van der Waals surface area contributed by atoms with Crippen LogP contribution in [0.1, 0.15) is 47.5 Å². The molecule has 0 aromatic rings. The highest BCUT2D eigenvalue weighted by atomic mass is 19.1. The maximum absolute atomic E-state index is 15.4. The normalized spacial score (nSPS) is 35.7. The van der Waals surface area contributed by atoms with Crippen LogP contribution in [0.3, 0.4) is 0 Å². The van der Waals surface area contributed by atoms with Crippen LogP contribution < -0.4 is 0 Å². The highest BCUT2D eigenvalue weighted by molar-refractivity contribution is 5.14. The number of likely N-dealkylation sites (tertiary alicyclic amines) is 2. The fraction of sp³-hybridized carbons (Fsp3) is 1.00. The van der Waals surface area contributed by atoms with Crippen LogP contribution in [0.5, 0.6) is 0 Å². The van der Waals surface area contributed by atoms with Gasteiger partial charge >= 0.3 is 0 Å². The topological polar surface area (TPSA) is 28.2 Å². The molecular weight excluding hydrogens is 357 g/mol. The Morgan fingerprint density at radius 1 is 0.964 bits per heavy atom. The summed E-state index contributed by atoms with van der Waals surface area (Å²) in [6.45, 7) is 15.9. The van der Waals surface area contributed by atoms with Gasteiger partial charge in [-0.25, -0.2) is 4.39 Å². The van der Waals surface area contributed by atoms with E-state index in [-0.39, 0.29) is 22.6 Å². The Bertz CT molecular complexity index is 591. The summed E-state index contributed by atoms with van der Waals surface area (Å²) in [7, 11) is 4.30. The molecule has 0 N–H and O–H groups in total. The molecule has 0 aromatic carbocycles. The number of alkyl halides is 1. The van der Waals surface area contributed by atoms with Crippen LogP contribution in [-0.2, 0) is 9.47 Å². The number of hydrogen-bond donors (Lipinski definition) is 0. The van der Waals surface area contributed by atoms with E-state index in [0.29, 0.717) is 12.6 Å². The van der Waals surface area contributed by atoms with Gasteiger partial charge in [-0.2, -0.15) is 0 Å². The van der Waals surface area contributed by atoms with Crippen molar-refractivity contribution in [2.24, 2.45) is 5.92 Å². The van der Waals surface area contributed by atoms with Gasteiger partial charge in [0.15, 0.2) is 0 Å². The van der Waals surface area contributed by atoms with Gasteiger partial charge in [-0.15, -0.1) is 0 Å². The second-order valence-corrected chi connectivity index (χ2v) is 11.6. The molecule has 0 radical (unpaired) electrons. The molecule has 4 fully saturated rings. The zero-order chi connectivity index (χ0) is 20.5. The molecule has 4 heterocycles. The first-order valence-electron chi connectivity index (χ1n) is 11.0. The van der Waals surface area contributed by atoms with E-state index in [9.17, 15) is 0 Å². The van der Waals surface area contributed by atoms with Crippen molar-refractivity contribution < 1.29 is 13.9 Å². The molecule has 5 nitrogen and oxygen atoms in total. The van der Waals surface area contributed by atoms with Crippen LogP contribution in [0.25, 0.3) is 0 Å². The highest BCUT2D eigenvalue weighted by Gasteiger charge is 2.61. The largest absolute Gasteiger partial charge is 0.371 e. The van der Waals surface area contributed by atoms with Crippen molar-refractivity contribution in [1.29, 1.82) is 0 Å². The maximum atomic E-state index is 15.4. The van der Waals surface area contributed by atoms with Crippen molar-refractivity contribution in [2.45, 2.75) is 82.0 Å². The average molecular weight is 398 g/mol. The summed E-state index contributed by atoms with van der Waals surface area (Å²) in [6, 6.07) is 0.491. The van der Waals surface area contributed by atoms with E-state index in [4.69, 9.17) is 9.47 Å². The maximum Gasteiger partial charge on any atom is 0.137 e. The molecular formula is C22H40FN3O2. The van der Waals surface area contributed by atoms with Crippen molar-refractivity contribution >= 4 is 0 Å². The van der Waals surface area contributed by atoms with Gasteiger partial charge in [-0.05, 0) is 61.6 Å². The minimum Gasteiger partial charge on any atom is -0.371 e. The second kappa shape index (κ2) is 6.61. The van der Waals surface area contributed by atoms with Gasteiger partial charge in [0.05, 0.1) is 6.61 Å². The summed E-state index contributed by atoms with van der Waals surface area (Å²) in [5, 5.41) is 0. The molecule has 0 bridgehead atoms. The molecule has 0 aliphatic carbocycles. The SMILES string of the molecule is CN(C)[C@H]1CCOC12CN(C(C)(C)CC1COC3(CN(C(C)(C)C)C3)[C@@H]1F)C2. The Kier molecular flexibility index (Phi) is 4.96. The van der Waals surface area contributed by atoms with E-state index < -0.39 is 11.8 Å². The number of nitrogens with zero attached hydrogens (tertiary/aromatic N) is 3. The lowest BCUT2D eigenvalue weighted by molar-refractivity contribution is -0.169. The quantitative estimate of drug-likeness (QED) is 0.726. The summed E-state index contributed by atoms with van der Waals surface area (Å²) in [4.78, 5) is 7.13. The van der Waals surface area contributed by atoms with Crippen LogP contribution in [0.2, 0.25) is 0 Å². The molecule has 4 aliphatic heterocycles. The van der Waals surface area contributed by atoms with Crippen LogP contribution in [0.15, 0.2) is 0 Å². The van der Waals surface area contributed by atoms with Crippen LogP contribution >= 0.6 is 0 Å². The lowest BCUT2D eigenvalue weighted by atomic mass is 9.76. The zero-order valence-corrected chi connectivity index (χ0v) is 18.9. The van der Waals surface area contributed by atoms with Gasteiger partial charge in [-0.1, -0.05) is 0 Å². The first-order chi connectivity index (χ1) is 12.9. The summed E-state index contributed by atoms with van der Waals surface area (Å²) in [5.74, 6) is -0.0113. The van der Waals surface area contributed by atoms with Crippen LogP contribution in [0.4, 0.5) is 4.39 Å². The molecule has 6 heteroatoms. The average Bonchev–Trinajstić information content (AvgIpc) is 3.06. The number of likely N-dealkylation sites (N-methyl/N-ethyl adjacent to an activating group) is 1. The standard InChI is InChI=1S/C22H40FN3O2/c1-19(2,3)25-14-22(15-25)18(23)16(11-28-22)10-20(4,5)26-12-21(13-26)17(24(6)7)8-9-27-21/h16-18H,8-15H2,1-7H3/t16?,17-,18+/m0/s1. The molecule has 162 valence electrons. The molecule has 4 aliphatic rings. The van der Waals surface area contributed by atoms with E-state index >= 15 is 4.39 Å². The predicted molar refractivity (Wildman–Crippen MR) is 109 cm³/mol. The predicted octanol–water partition coefficient (Wildman–Crippen LogP) is 2.40. The van der Waals surface area contributed by atoms with Crippen LogP contribution in [-0.4, -0.2) is 103 Å². The van der Waals surface area contributed by atoms with E-state index in [2.05, 4.69) is 63.4 Å². The Morgan fingerprint density at radius 3 is 2.14 bits per heavy atom. The van der Waals surface area contributed by atoms with E-state index in [1.54, 1.807) is 0 Å². The fourth-order valence-corrected chi connectivity index (χ4v) is 5.93. The Labute approximate surface area is 170 Å². The van der Waals surface area contributed by atoms with Crippen molar-refractivity contribution in [3.05, 3.63) is 0 Å². The summed E-state index contributed by atoms with van der Waals surface area (Å²) < 4.78 is 27.7. The molecule has 4 saturated heterocycles. The third-order valence-corrected chi connectivity index (χ3v) is 7.91. The summed E-state index contributed by atoms with van der Waals surface area (Å²) in [5.41, 5.74) is -0.535. The monoisotopic (exact) mass is 397 g/mol. The van der Waals surface area contributed by atoms with E-state index in [1.165, 1.54) is 0 Å². The first-order valence-corrected chi connectivity index (χ1v) is 11.0. The second-order valence-electron chi connectivity index (χ2n) is 11.6. The summed E-state index contributed by atoms with van der Waals surface area (Å²) >= 11 is 0. The Hall–Kier alpha value is -0.270. The fourth-order valence-electron chi connectivity index (χ4n) is 5.93. The van der Waals surface area contributed by atoms with Gasteiger partial charge in [-0.3, -0.25) is 9.80 Å². The molecule has 1 unspecified atom stereocenters. The minimum absolute atomic E-state index is 0.0113. The molecule has 0 saturated carbocycles. The van der Waals surface area contributed by atoms with Crippen molar-refractivity contribution in [1.82, 2.24) is 14.7 Å². The Balaban J connectivity index is 1.34. The van der Waals surface area contributed by atoms with Gasteiger partial charge in [0, 0.05) is 55.8 Å². The van der Waals surface area contributed by atoms with Crippen LogP contribution in [0, 0.1) is 5.92 Å². The van der Waals surface area contributed by atoms with Crippen molar-refractivity contribution in [2.75, 3.05) is 53.5 Å². The summed E-state index contributed by atoms with van der Waals surface area (Å²) in [6.07, 6.45) is 1.09. The number of hydrogen-bond acceptors (Lipinski definition) is 5. The molecule has 28 heavy (non-hydrogen) atoms. The molecule has 4 rings (SSSR count). The lowest BCUT2D eigenvalue weighted by Crippen LogP contribution is -2.73. The lowest BCUT2D eigenvalue weighted by Gasteiger charge is -2.58. The van der Waals surface area contributed by atoms with Crippen molar-refractivity contribution in [3.63, 3.8) is 0 Å². The number of ether oxygens (including phenoxy) is 2. The smallest absolute Gasteiger partial charge is 0.137 e. The third-order valence-electron chi connectivity index (χ3n) is 7.91. The van der Waals surface area contributed by atoms with Gasteiger partial charge in [0.25, 0.3) is 0 Å². The molecule has 0 aromatic heterocycles. The molecule has 2 spiro atoms. The van der Waals surface area contributed by atoms with Gasteiger partial charge in [0.1, 0.15) is 17.4 Å². The number of halogens is 1. The third kappa shape index (κ3) is 3.24. The van der Waals surface area contributed by atoms with E-state index in [0.717, 1.165) is 45.6 Å².